The summed E-state index contributed by atoms with van der Waals surface area (Å²) in [7, 11) is 0. The molecule has 31 heavy (non-hydrogen) atoms. The first-order valence-corrected chi connectivity index (χ1v) is 11.1. The summed E-state index contributed by atoms with van der Waals surface area (Å²) in [5, 5.41) is 0.812. The van der Waals surface area contributed by atoms with E-state index in [0.717, 1.165) is 38.0 Å². The third kappa shape index (κ3) is 3.69. The molecular formula is C23H29ClN4O3. The van der Waals surface area contributed by atoms with E-state index in [1.165, 1.54) is 0 Å². The molecular weight excluding hydrogens is 416 g/mol. The van der Waals surface area contributed by atoms with E-state index >= 15 is 0 Å². The van der Waals surface area contributed by atoms with Crippen LogP contribution in [-0.2, 0) is 4.74 Å². The normalized spacial score (nSPS) is 19.1. The number of anilines is 2. The van der Waals surface area contributed by atoms with Crippen LogP contribution in [0.15, 0.2) is 22.1 Å². The van der Waals surface area contributed by atoms with E-state index < -0.39 is 11.4 Å². The zero-order valence-corrected chi connectivity index (χ0v) is 19.0. The molecule has 7 nitrogen and oxygen atoms in total. The van der Waals surface area contributed by atoms with E-state index in [1.54, 1.807) is 19.2 Å². The second kappa shape index (κ2) is 7.86. The summed E-state index contributed by atoms with van der Waals surface area (Å²) < 4.78 is 7.05. The summed E-state index contributed by atoms with van der Waals surface area (Å²) >= 11 is 6.93. The maximum Gasteiger partial charge on any atom is 0.343 e. The topological polar surface area (TPSA) is 89.9 Å². The molecule has 2 fully saturated rings. The number of nitrogens with two attached hydrogens (primary N) is 1. The molecule has 1 aliphatic heterocycles. The zero-order valence-electron chi connectivity index (χ0n) is 18.3. The molecule has 0 amide bonds. The van der Waals surface area contributed by atoms with Crippen molar-refractivity contribution in [2.24, 2.45) is 10.9 Å². The number of aromatic nitrogens is 1. The van der Waals surface area contributed by atoms with Crippen LogP contribution in [0, 0.1) is 5.92 Å². The molecule has 2 N–H and O–H groups in total. The summed E-state index contributed by atoms with van der Waals surface area (Å²) in [6, 6.07) is 1.87. The summed E-state index contributed by atoms with van der Waals surface area (Å²) in [5.41, 5.74) is 7.62. The Kier molecular flexibility index (Phi) is 5.50. The number of fused-ring (bicyclic) bond motifs is 1. The fourth-order valence-corrected chi connectivity index (χ4v) is 4.90. The van der Waals surface area contributed by atoms with Crippen LogP contribution < -0.4 is 16.1 Å². The van der Waals surface area contributed by atoms with Crippen LogP contribution in [0.4, 0.5) is 11.4 Å². The molecule has 2 heterocycles. The minimum atomic E-state index is -0.621. The Balaban J connectivity index is 1.86. The van der Waals surface area contributed by atoms with E-state index in [0.29, 0.717) is 27.5 Å². The van der Waals surface area contributed by atoms with E-state index in [9.17, 15) is 9.59 Å². The number of carbonyl (C=O) groups excluding carboxylic acids is 1. The summed E-state index contributed by atoms with van der Waals surface area (Å²) in [4.78, 5) is 32.0. The molecule has 8 heteroatoms. The summed E-state index contributed by atoms with van der Waals surface area (Å²) in [6.07, 6.45) is 4.50. The quantitative estimate of drug-likeness (QED) is 0.412. The van der Waals surface area contributed by atoms with Gasteiger partial charge in [-0.05, 0) is 52.8 Å². The fourth-order valence-electron chi connectivity index (χ4n) is 4.47. The van der Waals surface area contributed by atoms with Crippen LogP contribution in [0.2, 0.25) is 5.02 Å². The lowest BCUT2D eigenvalue weighted by Crippen LogP contribution is -2.32. The molecule has 0 bridgehead atoms. The highest BCUT2D eigenvalue weighted by molar-refractivity contribution is 6.38. The van der Waals surface area contributed by atoms with E-state index in [4.69, 9.17) is 22.1 Å². The van der Waals surface area contributed by atoms with Crippen molar-refractivity contribution in [3.05, 3.63) is 33.1 Å². The van der Waals surface area contributed by atoms with E-state index in [1.807, 2.05) is 4.57 Å². The number of halogens is 1. The second-order valence-corrected chi connectivity index (χ2v) is 9.38. The molecule has 1 atom stereocenters. The molecule has 166 valence electrons. The van der Waals surface area contributed by atoms with Crippen LogP contribution in [0.3, 0.4) is 0 Å². The largest absolute Gasteiger partial charge is 0.462 e. The predicted octanol–water partition coefficient (Wildman–Crippen LogP) is 4.05. The average molecular weight is 445 g/mol. The van der Waals surface area contributed by atoms with E-state index in [-0.39, 0.29) is 23.8 Å². The molecule has 1 aliphatic carbocycles. The Morgan fingerprint density at radius 1 is 1.39 bits per heavy atom. The number of nitrogens with zero attached hydrogens (tertiary/aromatic N) is 3. The van der Waals surface area contributed by atoms with Gasteiger partial charge in [0.05, 0.1) is 39.4 Å². The molecule has 1 unspecified atom stereocenters. The van der Waals surface area contributed by atoms with Gasteiger partial charge in [0.2, 0.25) is 5.43 Å². The van der Waals surface area contributed by atoms with Gasteiger partial charge in [-0.1, -0.05) is 11.6 Å². The van der Waals surface area contributed by atoms with Crippen molar-refractivity contribution in [1.82, 2.24) is 4.57 Å². The van der Waals surface area contributed by atoms with Crippen LogP contribution >= 0.6 is 11.6 Å². The number of hydrogen-bond donors (Lipinski definition) is 1. The number of carbonyl (C=O) groups is 1. The minimum Gasteiger partial charge on any atom is -0.462 e. The molecule has 1 saturated carbocycles. The summed E-state index contributed by atoms with van der Waals surface area (Å²) in [5.74, 6) is -0.294. The Labute approximate surface area is 186 Å². The third-order valence-corrected chi connectivity index (χ3v) is 6.96. The highest BCUT2D eigenvalue weighted by atomic mass is 35.5. The van der Waals surface area contributed by atoms with Crippen LogP contribution in [-0.4, -0.2) is 42.5 Å². The number of ether oxygens (including phenoxy) is 1. The molecule has 1 aromatic carbocycles. The Morgan fingerprint density at radius 3 is 2.71 bits per heavy atom. The van der Waals surface area contributed by atoms with Gasteiger partial charge in [-0.15, -0.1) is 0 Å². The molecule has 4 rings (SSSR count). The number of benzene rings is 1. The van der Waals surface area contributed by atoms with E-state index in [2.05, 4.69) is 30.5 Å². The van der Waals surface area contributed by atoms with Gasteiger partial charge in [0.25, 0.3) is 0 Å². The molecule has 0 spiro atoms. The first-order chi connectivity index (χ1) is 14.7. The fraction of sp³-hybridized carbons (Fsp3) is 0.522. The van der Waals surface area contributed by atoms with Crippen molar-refractivity contribution >= 4 is 46.6 Å². The maximum absolute atomic E-state index is 13.1. The SMILES string of the molecule is C=NC(C)(C)C1CCN(c2c(N)cc3c(=O)c(C(=O)OCC)cn(C4CC4)c3c2Cl)C1. The van der Waals surface area contributed by atoms with Crippen LogP contribution in [0.1, 0.15) is 56.4 Å². The van der Waals surface area contributed by atoms with Gasteiger partial charge in [-0.3, -0.25) is 9.79 Å². The standard InChI is InChI=1S/C23H29ClN4O3/c1-5-31-22(30)16-12-28(14-6-7-14)19-15(21(16)29)10-17(25)20(18(19)24)27-9-8-13(11-27)23(2,3)26-4/h10,12-14H,4-9,11,25H2,1-3H3. The molecule has 0 radical (unpaired) electrons. The highest BCUT2D eigenvalue weighted by Crippen LogP contribution is 2.45. The van der Waals surface area contributed by atoms with Gasteiger partial charge in [-0.2, -0.15) is 0 Å². The van der Waals surface area contributed by atoms with Gasteiger partial charge in [0.15, 0.2) is 0 Å². The molecule has 2 aliphatic rings. The predicted molar refractivity (Wildman–Crippen MR) is 126 cm³/mol. The molecule has 2 aromatic rings. The lowest BCUT2D eigenvalue weighted by atomic mass is 9.87. The number of pyridine rings is 1. The first-order valence-electron chi connectivity index (χ1n) is 10.8. The highest BCUT2D eigenvalue weighted by Gasteiger charge is 2.37. The Hall–Kier alpha value is -2.54. The van der Waals surface area contributed by atoms with Gasteiger partial charge in [-0.25, -0.2) is 4.79 Å². The van der Waals surface area contributed by atoms with Crippen molar-refractivity contribution < 1.29 is 9.53 Å². The third-order valence-electron chi connectivity index (χ3n) is 6.61. The number of esters is 1. The first kappa shape index (κ1) is 21.7. The lowest BCUT2D eigenvalue weighted by Gasteiger charge is -2.28. The number of hydrogen-bond acceptors (Lipinski definition) is 6. The van der Waals surface area contributed by atoms with Gasteiger partial charge < -0.3 is 19.9 Å². The van der Waals surface area contributed by atoms with Gasteiger partial charge in [0, 0.05) is 31.2 Å². The zero-order chi connectivity index (χ0) is 22.5. The smallest absolute Gasteiger partial charge is 0.343 e. The number of nitrogen functional groups attached to an aromatic ring is 1. The van der Waals surface area contributed by atoms with Crippen molar-refractivity contribution in [3.8, 4) is 0 Å². The van der Waals surface area contributed by atoms with Crippen molar-refractivity contribution in [3.63, 3.8) is 0 Å². The molecule has 1 saturated heterocycles. The van der Waals surface area contributed by atoms with Gasteiger partial charge >= 0.3 is 5.97 Å². The number of rotatable bonds is 6. The van der Waals surface area contributed by atoms with Crippen molar-refractivity contribution in [2.45, 2.75) is 51.6 Å². The minimum absolute atomic E-state index is 0.0181. The second-order valence-electron chi connectivity index (χ2n) is 9.00. The maximum atomic E-state index is 13.1. The monoisotopic (exact) mass is 444 g/mol. The van der Waals surface area contributed by atoms with Crippen molar-refractivity contribution in [2.75, 3.05) is 30.3 Å². The Morgan fingerprint density at radius 2 is 2.10 bits per heavy atom. The van der Waals surface area contributed by atoms with Crippen molar-refractivity contribution in [1.29, 1.82) is 0 Å². The number of aliphatic imine (C=N–C) groups is 1. The van der Waals surface area contributed by atoms with Gasteiger partial charge in [0.1, 0.15) is 5.56 Å². The average Bonchev–Trinajstić information content (AvgIpc) is 3.45. The van der Waals surface area contributed by atoms with Crippen LogP contribution in [0.25, 0.3) is 10.9 Å². The molecule has 1 aromatic heterocycles. The Bertz CT molecular complexity index is 1120. The summed E-state index contributed by atoms with van der Waals surface area (Å²) in [6.45, 7) is 11.4. The lowest BCUT2D eigenvalue weighted by molar-refractivity contribution is 0.0524. The van der Waals surface area contributed by atoms with Crippen LogP contribution in [0.5, 0.6) is 0 Å².